The summed E-state index contributed by atoms with van der Waals surface area (Å²) in [6.45, 7) is 3.46. The summed E-state index contributed by atoms with van der Waals surface area (Å²) in [6, 6.07) is 3.65. The topological polar surface area (TPSA) is 62.3 Å². The maximum atomic E-state index is 11.3. The van der Waals surface area contributed by atoms with Crippen molar-refractivity contribution in [3.8, 4) is 11.5 Å². The number of carbonyl (C=O) groups is 1. The molecule has 2 N–H and O–H groups in total. The quantitative estimate of drug-likeness (QED) is 0.801. The molecule has 0 radical (unpaired) electrons. The molecule has 2 rings (SSSR count). The Morgan fingerprint density at radius 1 is 1.47 bits per heavy atom. The number of benzene rings is 1. The molecule has 1 aromatic carbocycles. The third-order valence-corrected chi connectivity index (χ3v) is 2.89. The molecule has 0 saturated carbocycles. The van der Waals surface area contributed by atoms with Crippen LogP contribution in [0, 0.1) is 0 Å². The molecule has 1 heterocycles. The predicted molar refractivity (Wildman–Crippen MR) is 65.9 cm³/mol. The van der Waals surface area contributed by atoms with E-state index in [2.05, 4.69) is 4.98 Å². The highest BCUT2D eigenvalue weighted by molar-refractivity contribution is 6.00. The molecule has 0 amide bonds. The van der Waals surface area contributed by atoms with Crippen molar-refractivity contribution in [2.75, 3.05) is 7.11 Å². The molecule has 0 aliphatic rings. The number of hydrogen-bond donors (Lipinski definition) is 2. The minimum Gasteiger partial charge on any atom is -0.504 e. The minimum absolute atomic E-state index is 0.0409. The first kappa shape index (κ1) is 11.5. The molecule has 90 valence electrons. The summed E-state index contributed by atoms with van der Waals surface area (Å²) in [5.74, 6) is 0.493. The van der Waals surface area contributed by atoms with Crippen molar-refractivity contribution in [2.45, 2.75) is 20.3 Å². The molecule has 2 aromatic rings. The fourth-order valence-corrected chi connectivity index (χ4v) is 1.95. The zero-order chi connectivity index (χ0) is 12.6. The van der Waals surface area contributed by atoms with Crippen molar-refractivity contribution < 1.29 is 14.6 Å². The highest BCUT2D eigenvalue weighted by Gasteiger charge is 2.15. The molecule has 0 bridgehead atoms. The Labute approximate surface area is 99.2 Å². The second-order valence-electron chi connectivity index (χ2n) is 3.97. The number of carbonyl (C=O) groups excluding carboxylic acids is 1. The monoisotopic (exact) mass is 233 g/mol. The van der Waals surface area contributed by atoms with Crippen LogP contribution >= 0.6 is 0 Å². The lowest BCUT2D eigenvalue weighted by atomic mass is 10.1. The summed E-state index contributed by atoms with van der Waals surface area (Å²) in [5, 5.41) is 10.9. The highest BCUT2D eigenvalue weighted by Crippen LogP contribution is 2.38. The number of aromatic hydroxyl groups is 1. The van der Waals surface area contributed by atoms with E-state index < -0.39 is 0 Å². The van der Waals surface area contributed by atoms with Gasteiger partial charge in [-0.2, -0.15) is 0 Å². The van der Waals surface area contributed by atoms with E-state index in [0.29, 0.717) is 23.4 Å². The Morgan fingerprint density at radius 3 is 2.71 bits per heavy atom. The normalized spacial score (nSPS) is 10.8. The van der Waals surface area contributed by atoms with E-state index in [9.17, 15) is 9.90 Å². The number of nitrogens with one attached hydrogen (secondary N) is 1. The summed E-state index contributed by atoms with van der Waals surface area (Å²) in [4.78, 5) is 14.3. The van der Waals surface area contributed by atoms with E-state index in [4.69, 9.17) is 4.74 Å². The van der Waals surface area contributed by atoms with Gasteiger partial charge in [0.1, 0.15) is 0 Å². The van der Waals surface area contributed by atoms with Gasteiger partial charge in [0, 0.05) is 12.3 Å². The van der Waals surface area contributed by atoms with Crippen LogP contribution in [-0.2, 0) is 6.42 Å². The van der Waals surface area contributed by atoms with Gasteiger partial charge in [0.05, 0.1) is 18.3 Å². The molecule has 0 unspecified atom stereocenters. The smallest absolute Gasteiger partial charge is 0.184 e. The fourth-order valence-electron chi connectivity index (χ4n) is 1.95. The van der Waals surface area contributed by atoms with Crippen LogP contribution in [0.1, 0.15) is 29.9 Å². The van der Waals surface area contributed by atoms with Crippen LogP contribution in [0.3, 0.4) is 0 Å². The van der Waals surface area contributed by atoms with Crippen molar-refractivity contribution >= 4 is 16.7 Å². The average molecular weight is 233 g/mol. The van der Waals surface area contributed by atoms with Crippen LogP contribution in [0.15, 0.2) is 12.1 Å². The molecule has 17 heavy (non-hydrogen) atoms. The van der Waals surface area contributed by atoms with E-state index >= 15 is 0 Å². The number of H-pyrrole nitrogens is 1. The standard InChI is InChI=1S/C13H15NO3/c1-4-8-5-9-6-10(7(2)15)14-11(9)13(17-3)12(8)16/h5-6,14,16H,4H2,1-3H3. The van der Waals surface area contributed by atoms with E-state index in [-0.39, 0.29) is 11.5 Å². The number of Topliss-reactive ketones (excluding diaryl/α,β-unsaturated/α-hetero) is 1. The molecular weight excluding hydrogens is 218 g/mol. The number of fused-ring (bicyclic) bond motifs is 1. The molecule has 1 aromatic heterocycles. The molecule has 4 heteroatoms. The Kier molecular flexibility index (Phi) is 2.79. The van der Waals surface area contributed by atoms with Crippen LogP contribution in [0.5, 0.6) is 11.5 Å². The molecule has 4 nitrogen and oxygen atoms in total. The van der Waals surface area contributed by atoms with Gasteiger partial charge >= 0.3 is 0 Å². The van der Waals surface area contributed by atoms with Crippen molar-refractivity contribution in [1.82, 2.24) is 4.98 Å². The first-order chi connectivity index (χ1) is 8.08. The van der Waals surface area contributed by atoms with Gasteiger partial charge in [-0.25, -0.2) is 0 Å². The van der Waals surface area contributed by atoms with Gasteiger partial charge in [0.15, 0.2) is 17.3 Å². The molecular formula is C13H15NO3. The van der Waals surface area contributed by atoms with Crippen LogP contribution in [-0.4, -0.2) is 23.0 Å². The maximum Gasteiger partial charge on any atom is 0.184 e. The van der Waals surface area contributed by atoms with Gasteiger partial charge in [-0.3, -0.25) is 4.79 Å². The number of aromatic nitrogens is 1. The van der Waals surface area contributed by atoms with Gasteiger partial charge in [-0.05, 0) is 24.1 Å². The lowest BCUT2D eigenvalue weighted by Gasteiger charge is -2.08. The highest BCUT2D eigenvalue weighted by atomic mass is 16.5. The third-order valence-electron chi connectivity index (χ3n) is 2.89. The number of methoxy groups -OCH3 is 1. The summed E-state index contributed by atoms with van der Waals surface area (Å²) in [5.41, 5.74) is 1.99. The van der Waals surface area contributed by atoms with Crippen molar-refractivity contribution in [1.29, 1.82) is 0 Å². The number of phenols is 1. The van der Waals surface area contributed by atoms with E-state index in [0.717, 1.165) is 10.9 Å². The Morgan fingerprint density at radius 2 is 2.18 bits per heavy atom. The summed E-state index contributed by atoms with van der Waals surface area (Å²) >= 11 is 0. The van der Waals surface area contributed by atoms with Gasteiger partial charge in [0.2, 0.25) is 0 Å². The maximum absolute atomic E-state index is 11.3. The molecule has 0 aliphatic carbocycles. The Hall–Kier alpha value is -1.97. The predicted octanol–water partition coefficient (Wildman–Crippen LogP) is 2.65. The SMILES string of the molecule is CCc1cc2cc(C(C)=O)[nH]c2c(OC)c1O. The van der Waals surface area contributed by atoms with Crippen LogP contribution in [0.2, 0.25) is 0 Å². The summed E-state index contributed by atoms with van der Waals surface area (Å²) < 4.78 is 5.20. The number of ketones is 1. The number of hydrogen-bond acceptors (Lipinski definition) is 3. The minimum atomic E-state index is -0.0409. The molecule has 0 spiro atoms. The molecule has 0 fully saturated rings. The number of aromatic amines is 1. The zero-order valence-electron chi connectivity index (χ0n) is 10.1. The van der Waals surface area contributed by atoms with E-state index in [1.165, 1.54) is 14.0 Å². The van der Waals surface area contributed by atoms with E-state index in [1.54, 1.807) is 6.07 Å². The number of aryl methyl sites for hydroxylation is 1. The number of ether oxygens (including phenoxy) is 1. The number of phenolic OH excluding ortho intramolecular Hbond substituents is 1. The average Bonchev–Trinajstić information content (AvgIpc) is 2.72. The lowest BCUT2D eigenvalue weighted by Crippen LogP contribution is -1.92. The van der Waals surface area contributed by atoms with E-state index in [1.807, 2.05) is 13.0 Å². The van der Waals surface area contributed by atoms with Crippen molar-refractivity contribution in [2.24, 2.45) is 0 Å². The largest absolute Gasteiger partial charge is 0.504 e. The first-order valence-electron chi connectivity index (χ1n) is 5.51. The first-order valence-corrected chi connectivity index (χ1v) is 5.51. The summed E-state index contributed by atoms with van der Waals surface area (Å²) in [7, 11) is 1.50. The van der Waals surface area contributed by atoms with Crippen LogP contribution < -0.4 is 4.74 Å². The van der Waals surface area contributed by atoms with Crippen molar-refractivity contribution in [3.63, 3.8) is 0 Å². The Balaban J connectivity index is 2.78. The van der Waals surface area contributed by atoms with Crippen LogP contribution in [0.25, 0.3) is 10.9 Å². The van der Waals surface area contributed by atoms with Gasteiger partial charge in [0.25, 0.3) is 0 Å². The van der Waals surface area contributed by atoms with Crippen molar-refractivity contribution in [3.05, 3.63) is 23.4 Å². The van der Waals surface area contributed by atoms with Gasteiger partial charge < -0.3 is 14.8 Å². The second kappa shape index (κ2) is 4.13. The molecule has 0 aliphatic heterocycles. The van der Waals surface area contributed by atoms with Crippen LogP contribution in [0.4, 0.5) is 0 Å². The number of rotatable bonds is 3. The van der Waals surface area contributed by atoms with Gasteiger partial charge in [-0.1, -0.05) is 6.92 Å². The lowest BCUT2D eigenvalue weighted by molar-refractivity contribution is 0.101. The fraction of sp³-hybridized carbons (Fsp3) is 0.308. The third kappa shape index (κ3) is 1.75. The molecule has 0 saturated heterocycles. The zero-order valence-corrected chi connectivity index (χ0v) is 10.1. The molecule has 0 atom stereocenters. The van der Waals surface area contributed by atoms with Gasteiger partial charge in [-0.15, -0.1) is 0 Å². The summed E-state index contributed by atoms with van der Waals surface area (Å²) in [6.07, 6.45) is 0.707. The Bertz CT molecular complexity index is 584. The second-order valence-corrected chi connectivity index (χ2v) is 3.97.